The molecular formula is C7H6Br3N3O. The molecule has 0 fully saturated rings. The van der Waals surface area contributed by atoms with Crippen LogP contribution in [0.1, 0.15) is 6.42 Å². The largest absolute Gasteiger partial charge is 0.308 e. The lowest BCUT2D eigenvalue weighted by atomic mass is 10.4. The molecule has 0 bridgehead atoms. The quantitative estimate of drug-likeness (QED) is 0.811. The Morgan fingerprint density at radius 1 is 1.50 bits per heavy atom. The second kappa shape index (κ2) is 5.77. The summed E-state index contributed by atoms with van der Waals surface area (Å²) in [4.78, 5) is 19.2. The maximum Gasteiger partial charge on any atom is 0.226 e. The second-order valence-electron chi connectivity index (χ2n) is 2.32. The van der Waals surface area contributed by atoms with Crippen LogP contribution in [-0.4, -0.2) is 21.2 Å². The molecule has 1 heterocycles. The van der Waals surface area contributed by atoms with Crippen LogP contribution in [0.3, 0.4) is 0 Å². The van der Waals surface area contributed by atoms with E-state index in [2.05, 4.69) is 63.1 Å². The van der Waals surface area contributed by atoms with Gasteiger partial charge in [0.05, 0.1) is 6.20 Å². The molecule has 0 saturated heterocycles. The molecule has 14 heavy (non-hydrogen) atoms. The van der Waals surface area contributed by atoms with Crippen LogP contribution in [0.25, 0.3) is 0 Å². The summed E-state index contributed by atoms with van der Waals surface area (Å²) in [6, 6.07) is 0. The van der Waals surface area contributed by atoms with E-state index < -0.39 is 0 Å². The number of carbonyl (C=O) groups is 1. The zero-order chi connectivity index (χ0) is 10.6. The zero-order valence-electron chi connectivity index (χ0n) is 6.93. The molecule has 0 aromatic carbocycles. The van der Waals surface area contributed by atoms with E-state index in [1.54, 1.807) is 0 Å². The van der Waals surface area contributed by atoms with Crippen molar-refractivity contribution < 1.29 is 4.79 Å². The van der Waals surface area contributed by atoms with Gasteiger partial charge in [-0.15, -0.1) is 0 Å². The summed E-state index contributed by atoms with van der Waals surface area (Å²) in [5.74, 6) is 0.332. The molecule has 0 aliphatic carbocycles. The van der Waals surface area contributed by atoms with Gasteiger partial charge in [-0.1, -0.05) is 15.9 Å². The fraction of sp³-hybridized carbons (Fsp3) is 0.286. The van der Waals surface area contributed by atoms with Gasteiger partial charge in [0.2, 0.25) is 5.91 Å². The van der Waals surface area contributed by atoms with Crippen molar-refractivity contribution in [2.24, 2.45) is 0 Å². The number of amides is 1. The molecule has 0 radical (unpaired) electrons. The third kappa shape index (κ3) is 3.62. The normalized spacial score (nSPS) is 9.93. The molecule has 1 N–H and O–H groups in total. The van der Waals surface area contributed by atoms with Crippen LogP contribution >= 0.6 is 47.8 Å². The lowest BCUT2D eigenvalue weighted by Crippen LogP contribution is -2.13. The smallest absolute Gasteiger partial charge is 0.226 e. The van der Waals surface area contributed by atoms with Gasteiger partial charge in [-0.25, -0.2) is 9.97 Å². The van der Waals surface area contributed by atoms with Gasteiger partial charge in [0.1, 0.15) is 9.21 Å². The van der Waals surface area contributed by atoms with E-state index in [0.29, 0.717) is 26.8 Å². The van der Waals surface area contributed by atoms with Crippen molar-refractivity contribution in [2.45, 2.75) is 6.42 Å². The van der Waals surface area contributed by atoms with Crippen molar-refractivity contribution in [3.63, 3.8) is 0 Å². The van der Waals surface area contributed by atoms with Crippen LogP contribution in [0.2, 0.25) is 0 Å². The maximum absolute atomic E-state index is 11.2. The minimum absolute atomic E-state index is 0.0980. The predicted octanol–water partition coefficient (Wildman–Crippen LogP) is 2.73. The minimum atomic E-state index is -0.0980. The van der Waals surface area contributed by atoms with E-state index in [0.717, 1.165) is 0 Å². The number of rotatable bonds is 3. The van der Waals surface area contributed by atoms with Crippen LogP contribution in [0, 0.1) is 0 Å². The number of nitrogens with one attached hydrogen (secondary N) is 1. The number of anilines is 1. The van der Waals surface area contributed by atoms with E-state index in [9.17, 15) is 4.79 Å². The number of nitrogens with zero attached hydrogens (tertiary/aromatic N) is 2. The van der Waals surface area contributed by atoms with Crippen molar-refractivity contribution >= 4 is 59.5 Å². The fourth-order valence-corrected chi connectivity index (χ4v) is 1.98. The molecular weight excluding hydrogens is 382 g/mol. The third-order valence-corrected chi connectivity index (χ3v) is 2.61. The zero-order valence-corrected chi connectivity index (χ0v) is 11.7. The Labute approximate surface area is 106 Å². The van der Waals surface area contributed by atoms with Crippen molar-refractivity contribution in [2.75, 3.05) is 10.6 Å². The molecule has 1 rings (SSSR count). The highest BCUT2D eigenvalue weighted by atomic mass is 79.9. The summed E-state index contributed by atoms with van der Waals surface area (Å²) in [5.41, 5.74) is 0. The van der Waals surface area contributed by atoms with Gasteiger partial charge in [0.15, 0.2) is 5.82 Å². The molecule has 0 atom stereocenters. The number of carbonyl (C=O) groups excluding carboxylic acids is 1. The summed E-state index contributed by atoms with van der Waals surface area (Å²) >= 11 is 9.54. The van der Waals surface area contributed by atoms with Gasteiger partial charge >= 0.3 is 0 Å². The Bertz CT molecular complexity index is 345. The predicted molar refractivity (Wildman–Crippen MR) is 64.5 cm³/mol. The monoisotopic (exact) mass is 385 g/mol. The van der Waals surface area contributed by atoms with E-state index >= 15 is 0 Å². The van der Waals surface area contributed by atoms with Gasteiger partial charge in [-0.05, 0) is 31.9 Å². The average Bonchev–Trinajstić information content (AvgIpc) is 2.10. The lowest BCUT2D eigenvalue weighted by molar-refractivity contribution is -0.115. The topological polar surface area (TPSA) is 54.9 Å². The molecule has 0 aliphatic heterocycles. The highest BCUT2D eigenvalue weighted by molar-refractivity contribution is 9.11. The maximum atomic E-state index is 11.2. The highest BCUT2D eigenvalue weighted by Crippen LogP contribution is 2.19. The number of hydrogen-bond donors (Lipinski definition) is 1. The SMILES string of the molecule is O=C(CCBr)Nc1ncc(Br)nc1Br. The summed E-state index contributed by atoms with van der Waals surface area (Å²) < 4.78 is 1.12. The summed E-state index contributed by atoms with van der Waals surface area (Å²) in [7, 11) is 0. The van der Waals surface area contributed by atoms with E-state index in [4.69, 9.17) is 0 Å². The molecule has 76 valence electrons. The molecule has 0 saturated carbocycles. The van der Waals surface area contributed by atoms with E-state index in [1.165, 1.54) is 6.20 Å². The van der Waals surface area contributed by atoms with Gasteiger partial charge in [-0.3, -0.25) is 4.79 Å². The van der Waals surface area contributed by atoms with Gasteiger partial charge in [-0.2, -0.15) is 0 Å². The Balaban J connectivity index is 2.72. The lowest BCUT2D eigenvalue weighted by Gasteiger charge is -2.04. The van der Waals surface area contributed by atoms with Gasteiger partial charge in [0, 0.05) is 11.8 Å². The average molecular weight is 388 g/mol. The molecule has 0 unspecified atom stereocenters. The van der Waals surface area contributed by atoms with Crippen molar-refractivity contribution in [3.8, 4) is 0 Å². The van der Waals surface area contributed by atoms with Crippen LogP contribution in [-0.2, 0) is 4.79 Å². The first-order valence-corrected chi connectivity index (χ1v) is 6.38. The first kappa shape index (κ1) is 12.1. The Hall–Kier alpha value is -0.0100. The molecule has 0 spiro atoms. The first-order chi connectivity index (χ1) is 6.63. The number of halogens is 3. The number of alkyl halides is 1. The van der Waals surface area contributed by atoms with Crippen LogP contribution < -0.4 is 5.32 Å². The Morgan fingerprint density at radius 3 is 2.79 bits per heavy atom. The molecule has 1 amide bonds. The van der Waals surface area contributed by atoms with Crippen LogP contribution in [0.15, 0.2) is 15.4 Å². The number of hydrogen-bond acceptors (Lipinski definition) is 3. The highest BCUT2D eigenvalue weighted by Gasteiger charge is 2.07. The summed E-state index contributed by atoms with van der Waals surface area (Å²) in [6.45, 7) is 0. The molecule has 1 aromatic heterocycles. The van der Waals surface area contributed by atoms with Crippen molar-refractivity contribution in [1.29, 1.82) is 0 Å². The first-order valence-electron chi connectivity index (χ1n) is 3.67. The van der Waals surface area contributed by atoms with Crippen molar-refractivity contribution in [1.82, 2.24) is 9.97 Å². The Morgan fingerprint density at radius 2 is 2.21 bits per heavy atom. The fourth-order valence-electron chi connectivity index (χ4n) is 0.711. The standard InChI is InChI=1S/C7H6Br3N3O/c8-2-1-5(14)13-7-6(10)12-4(9)3-11-7/h3H,1-2H2,(H,11,13,14). The van der Waals surface area contributed by atoms with Gasteiger partial charge < -0.3 is 5.32 Å². The molecule has 0 aliphatic rings. The summed E-state index contributed by atoms with van der Waals surface area (Å²) in [5, 5.41) is 3.25. The third-order valence-electron chi connectivity index (χ3n) is 1.28. The minimum Gasteiger partial charge on any atom is -0.308 e. The molecule has 1 aromatic rings. The van der Waals surface area contributed by atoms with Crippen molar-refractivity contribution in [3.05, 3.63) is 15.4 Å². The molecule has 7 heteroatoms. The summed E-state index contributed by atoms with van der Waals surface area (Å²) in [6.07, 6.45) is 1.93. The van der Waals surface area contributed by atoms with E-state index in [1.807, 2.05) is 0 Å². The van der Waals surface area contributed by atoms with Gasteiger partial charge in [0.25, 0.3) is 0 Å². The van der Waals surface area contributed by atoms with E-state index in [-0.39, 0.29) is 5.91 Å². The number of aromatic nitrogens is 2. The van der Waals surface area contributed by atoms with Crippen LogP contribution in [0.4, 0.5) is 5.82 Å². The van der Waals surface area contributed by atoms with Crippen LogP contribution in [0.5, 0.6) is 0 Å². The Kier molecular flexibility index (Phi) is 4.97. The second-order valence-corrected chi connectivity index (χ2v) is 4.68. The molecule has 4 nitrogen and oxygen atoms in total.